The molecule has 0 N–H and O–H groups in total. The van der Waals surface area contributed by atoms with E-state index in [9.17, 15) is 4.79 Å². The average Bonchev–Trinajstić information content (AvgIpc) is 2.38. The van der Waals surface area contributed by atoms with Crippen molar-refractivity contribution >= 4 is 11.8 Å². The molecule has 86 valence electrons. The predicted molar refractivity (Wildman–Crippen MR) is 68.3 cm³/mol. The third-order valence-corrected chi connectivity index (χ3v) is 0.931. The Hall–Kier alpha value is -1.40. The summed E-state index contributed by atoms with van der Waals surface area (Å²) in [6, 6.07) is 8.98. The SMILES string of the molecule is CC.CC.CC.O=C=Nc1ccccc1. The summed E-state index contributed by atoms with van der Waals surface area (Å²) < 4.78 is 0. The Kier molecular flexibility index (Phi) is 29.4. The zero-order chi connectivity index (χ0) is 12.5. The first kappa shape index (κ1) is 19.2. The van der Waals surface area contributed by atoms with Crippen molar-refractivity contribution in [3.8, 4) is 0 Å². The molecule has 1 aromatic carbocycles. The fourth-order valence-electron chi connectivity index (χ4n) is 0.555. The lowest BCUT2D eigenvalue weighted by atomic mass is 10.3. The van der Waals surface area contributed by atoms with E-state index in [1.165, 1.54) is 6.08 Å². The number of rotatable bonds is 1. The number of nitrogens with zero attached hydrogens (tertiary/aromatic N) is 1. The van der Waals surface area contributed by atoms with Crippen LogP contribution >= 0.6 is 0 Å². The van der Waals surface area contributed by atoms with Crippen LogP contribution < -0.4 is 0 Å². The predicted octanol–water partition coefficient (Wildman–Crippen LogP) is 4.73. The maximum Gasteiger partial charge on any atom is 0.240 e. The van der Waals surface area contributed by atoms with Gasteiger partial charge >= 0.3 is 0 Å². The first-order chi connectivity index (χ1) is 7.43. The van der Waals surface area contributed by atoms with Crippen molar-refractivity contribution < 1.29 is 4.79 Å². The average molecular weight is 209 g/mol. The van der Waals surface area contributed by atoms with Crippen molar-refractivity contribution in [3.05, 3.63) is 30.3 Å². The minimum absolute atomic E-state index is 0.646. The summed E-state index contributed by atoms with van der Waals surface area (Å²) in [7, 11) is 0. The number of isocyanates is 1. The lowest BCUT2D eigenvalue weighted by molar-refractivity contribution is 0.565. The van der Waals surface area contributed by atoms with Gasteiger partial charge in [0.2, 0.25) is 6.08 Å². The molecule has 2 nitrogen and oxygen atoms in total. The molecule has 0 aliphatic rings. The van der Waals surface area contributed by atoms with Gasteiger partial charge in [-0.15, -0.1) is 0 Å². The third-order valence-electron chi connectivity index (χ3n) is 0.931. The van der Waals surface area contributed by atoms with Gasteiger partial charge in [-0.25, -0.2) is 4.79 Å². The molecule has 0 saturated carbocycles. The van der Waals surface area contributed by atoms with Crippen molar-refractivity contribution in [3.63, 3.8) is 0 Å². The summed E-state index contributed by atoms with van der Waals surface area (Å²) in [5.74, 6) is 0. The fourth-order valence-corrected chi connectivity index (χ4v) is 0.555. The summed E-state index contributed by atoms with van der Waals surface area (Å²) in [5.41, 5.74) is 0.646. The summed E-state index contributed by atoms with van der Waals surface area (Å²) in [4.78, 5) is 13.1. The number of aliphatic imine (C=N–C) groups is 1. The molecule has 1 rings (SSSR count). The molecule has 0 saturated heterocycles. The molecule has 15 heavy (non-hydrogen) atoms. The van der Waals surface area contributed by atoms with E-state index in [4.69, 9.17) is 0 Å². The molecule has 0 aromatic heterocycles. The molecule has 1 aromatic rings. The van der Waals surface area contributed by atoms with E-state index in [0.717, 1.165) is 0 Å². The first-order valence-electron chi connectivity index (χ1n) is 5.56. The quantitative estimate of drug-likeness (QED) is 0.485. The van der Waals surface area contributed by atoms with Crippen LogP contribution in [0.5, 0.6) is 0 Å². The highest BCUT2D eigenvalue weighted by molar-refractivity contribution is 5.47. The van der Waals surface area contributed by atoms with E-state index in [2.05, 4.69) is 4.99 Å². The van der Waals surface area contributed by atoms with Crippen LogP contribution in [-0.2, 0) is 4.79 Å². The zero-order valence-electron chi connectivity index (χ0n) is 10.7. The monoisotopic (exact) mass is 209 g/mol. The van der Waals surface area contributed by atoms with Gasteiger partial charge in [0.15, 0.2) is 0 Å². The third kappa shape index (κ3) is 15.4. The lowest BCUT2D eigenvalue weighted by Gasteiger charge is -1.83. The number of hydrogen-bond acceptors (Lipinski definition) is 2. The molecule has 0 bridgehead atoms. The highest BCUT2D eigenvalue weighted by atomic mass is 16.1. The fraction of sp³-hybridized carbons (Fsp3) is 0.462. The Morgan fingerprint density at radius 1 is 0.867 bits per heavy atom. The van der Waals surface area contributed by atoms with Crippen LogP contribution in [0.3, 0.4) is 0 Å². The number of hydrogen-bond donors (Lipinski definition) is 0. The Bertz CT molecular complexity index is 226. The molecule has 0 heterocycles. The Morgan fingerprint density at radius 3 is 1.60 bits per heavy atom. The number of benzene rings is 1. The van der Waals surface area contributed by atoms with E-state index >= 15 is 0 Å². The Balaban J connectivity index is -0.000000208. The molecule has 2 heteroatoms. The van der Waals surface area contributed by atoms with Gasteiger partial charge in [0, 0.05) is 0 Å². The summed E-state index contributed by atoms with van der Waals surface area (Å²) in [6.45, 7) is 12.0. The second-order valence-electron chi connectivity index (χ2n) is 1.54. The van der Waals surface area contributed by atoms with Crippen LogP contribution in [0, 0.1) is 0 Å². The second kappa shape index (κ2) is 22.9. The molecule has 0 spiro atoms. The molecule has 0 amide bonds. The van der Waals surface area contributed by atoms with Gasteiger partial charge in [-0.05, 0) is 12.1 Å². The smallest absolute Gasteiger partial charge is 0.211 e. The molecule has 0 aliphatic heterocycles. The van der Waals surface area contributed by atoms with Crippen LogP contribution in [0.1, 0.15) is 41.5 Å². The Labute approximate surface area is 94.1 Å². The largest absolute Gasteiger partial charge is 0.240 e. The van der Waals surface area contributed by atoms with Gasteiger partial charge in [-0.1, -0.05) is 59.7 Å². The van der Waals surface area contributed by atoms with Gasteiger partial charge in [-0.3, -0.25) is 0 Å². The first-order valence-corrected chi connectivity index (χ1v) is 5.56. The van der Waals surface area contributed by atoms with Crippen molar-refractivity contribution in [1.29, 1.82) is 0 Å². The van der Waals surface area contributed by atoms with Crippen LogP contribution in [-0.4, -0.2) is 6.08 Å². The van der Waals surface area contributed by atoms with Crippen molar-refractivity contribution in [2.75, 3.05) is 0 Å². The Morgan fingerprint density at radius 2 is 1.27 bits per heavy atom. The van der Waals surface area contributed by atoms with Gasteiger partial charge in [0.25, 0.3) is 0 Å². The van der Waals surface area contributed by atoms with E-state index in [-0.39, 0.29) is 0 Å². The second-order valence-corrected chi connectivity index (χ2v) is 1.54. The van der Waals surface area contributed by atoms with Gasteiger partial charge in [0.05, 0.1) is 5.69 Å². The minimum atomic E-state index is 0.646. The molecule has 0 aliphatic carbocycles. The highest BCUT2D eigenvalue weighted by Crippen LogP contribution is 2.06. The van der Waals surface area contributed by atoms with Gasteiger partial charge in [-0.2, -0.15) is 4.99 Å². The topological polar surface area (TPSA) is 29.4 Å². The normalized spacial score (nSPS) is 6.00. The van der Waals surface area contributed by atoms with Crippen molar-refractivity contribution in [2.24, 2.45) is 4.99 Å². The minimum Gasteiger partial charge on any atom is -0.211 e. The zero-order valence-corrected chi connectivity index (χ0v) is 10.7. The number of para-hydroxylation sites is 1. The number of carbonyl (C=O) groups excluding carboxylic acids is 1. The van der Waals surface area contributed by atoms with Crippen molar-refractivity contribution in [2.45, 2.75) is 41.5 Å². The molecular weight excluding hydrogens is 186 g/mol. The van der Waals surface area contributed by atoms with E-state index in [0.29, 0.717) is 5.69 Å². The van der Waals surface area contributed by atoms with Crippen molar-refractivity contribution in [1.82, 2.24) is 0 Å². The van der Waals surface area contributed by atoms with Crippen LogP contribution in [0.15, 0.2) is 35.3 Å². The summed E-state index contributed by atoms with van der Waals surface area (Å²) in [6.07, 6.45) is 1.46. The molecule has 0 radical (unpaired) electrons. The molecule has 0 unspecified atom stereocenters. The maximum atomic E-state index is 9.68. The lowest BCUT2D eigenvalue weighted by Crippen LogP contribution is -1.59. The molecular formula is C13H23NO. The van der Waals surface area contributed by atoms with Crippen LogP contribution in [0.25, 0.3) is 0 Å². The molecule has 0 atom stereocenters. The van der Waals surface area contributed by atoms with E-state index < -0.39 is 0 Å². The van der Waals surface area contributed by atoms with Crippen LogP contribution in [0.2, 0.25) is 0 Å². The van der Waals surface area contributed by atoms with Crippen LogP contribution in [0.4, 0.5) is 5.69 Å². The van der Waals surface area contributed by atoms with Gasteiger partial charge in [0.1, 0.15) is 0 Å². The van der Waals surface area contributed by atoms with Gasteiger partial charge < -0.3 is 0 Å². The van der Waals surface area contributed by atoms with E-state index in [1.54, 1.807) is 12.1 Å². The molecule has 0 fully saturated rings. The standard InChI is InChI=1S/C7H5NO.3C2H6/c9-6-8-7-4-2-1-3-5-7;3*1-2/h1-5H;3*1-2H3. The van der Waals surface area contributed by atoms with E-state index in [1.807, 2.05) is 59.7 Å². The maximum absolute atomic E-state index is 9.68. The summed E-state index contributed by atoms with van der Waals surface area (Å²) >= 11 is 0. The highest BCUT2D eigenvalue weighted by Gasteiger charge is 1.79. The summed E-state index contributed by atoms with van der Waals surface area (Å²) in [5, 5.41) is 0.